The van der Waals surface area contributed by atoms with Crippen molar-refractivity contribution in [1.29, 1.82) is 0 Å². The summed E-state index contributed by atoms with van der Waals surface area (Å²) in [7, 11) is 0. The van der Waals surface area contributed by atoms with Crippen LogP contribution in [0.15, 0.2) is 29.2 Å². The van der Waals surface area contributed by atoms with Gasteiger partial charge in [0.15, 0.2) is 6.29 Å². The first-order valence-corrected chi connectivity index (χ1v) is 4.84. The Hall–Kier alpha value is -0.510. The molecule has 13 heavy (non-hydrogen) atoms. The minimum atomic E-state index is -0.220. The van der Waals surface area contributed by atoms with Gasteiger partial charge in [0, 0.05) is 10.5 Å². The Morgan fingerprint density at radius 3 is 2.54 bits per heavy atom. The number of thiol groups is 1. The summed E-state index contributed by atoms with van der Waals surface area (Å²) in [6, 6.07) is 7.85. The van der Waals surface area contributed by atoms with Crippen LogP contribution in [0.5, 0.6) is 0 Å². The number of hydrogen-bond acceptors (Lipinski definition) is 3. The van der Waals surface area contributed by atoms with Gasteiger partial charge in [-0.15, -0.1) is 12.6 Å². The summed E-state index contributed by atoms with van der Waals surface area (Å²) in [6.45, 7) is 1.54. The first-order valence-electron chi connectivity index (χ1n) is 4.39. The summed E-state index contributed by atoms with van der Waals surface area (Å²) >= 11 is 4.35. The minimum Gasteiger partial charge on any atom is -0.348 e. The Morgan fingerprint density at radius 2 is 1.85 bits per heavy atom. The molecule has 0 bridgehead atoms. The summed E-state index contributed by atoms with van der Waals surface area (Å²) in [5, 5.41) is 0. The molecule has 0 N–H and O–H groups in total. The van der Waals surface area contributed by atoms with Crippen LogP contribution < -0.4 is 0 Å². The Morgan fingerprint density at radius 1 is 1.15 bits per heavy atom. The molecule has 2 rings (SSSR count). The van der Waals surface area contributed by atoms with E-state index in [-0.39, 0.29) is 6.29 Å². The Kier molecular flexibility index (Phi) is 2.88. The molecule has 1 aliphatic heterocycles. The summed E-state index contributed by atoms with van der Waals surface area (Å²) in [5.74, 6) is 0. The molecule has 1 saturated heterocycles. The van der Waals surface area contributed by atoms with Crippen molar-refractivity contribution < 1.29 is 9.47 Å². The zero-order valence-electron chi connectivity index (χ0n) is 7.27. The van der Waals surface area contributed by atoms with Gasteiger partial charge in [0.05, 0.1) is 13.2 Å². The molecular weight excluding hydrogens is 184 g/mol. The smallest absolute Gasteiger partial charge is 0.184 e. The van der Waals surface area contributed by atoms with Crippen LogP contribution in [-0.4, -0.2) is 13.2 Å². The van der Waals surface area contributed by atoms with Gasteiger partial charge in [-0.05, 0) is 12.5 Å². The van der Waals surface area contributed by atoms with E-state index in [1.54, 1.807) is 0 Å². The zero-order valence-corrected chi connectivity index (χ0v) is 8.17. The maximum absolute atomic E-state index is 5.47. The van der Waals surface area contributed by atoms with Crippen LogP contribution in [0.1, 0.15) is 18.3 Å². The maximum atomic E-state index is 5.47. The molecule has 0 aromatic heterocycles. The molecule has 0 radical (unpaired) electrons. The molecule has 0 atom stereocenters. The standard InChI is InChI=1S/C10H12O2S/c13-9-5-2-1-4-8(9)10-11-6-3-7-12-10/h1-2,4-5,10,13H,3,6-7H2. The van der Waals surface area contributed by atoms with Gasteiger partial charge in [0.2, 0.25) is 0 Å². The lowest BCUT2D eigenvalue weighted by molar-refractivity contribution is -0.184. The fraction of sp³-hybridized carbons (Fsp3) is 0.400. The molecular formula is C10H12O2S. The van der Waals surface area contributed by atoms with Gasteiger partial charge in [-0.3, -0.25) is 0 Å². The molecule has 3 heteroatoms. The van der Waals surface area contributed by atoms with E-state index in [4.69, 9.17) is 9.47 Å². The highest BCUT2D eigenvalue weighted by atomic mass is 32.1. The topological polar surface area (TPSA) is 18.5 Å². The number of benzene rings is 1. The molecule has 1 heterocycles. The third-order valence-electron chi connectivity index (χ3n) is 2.02. The van der Waals surface area contributed by atoms with Crippen LogP contribution in [0.25, 0.3) is 0 Å². The summed E-state index contributed by atoms with van der Waals surface area (Å²) < 4.78 is 10.9. The van der Waals surface area contributed by atoms with E-state index in [1.165, 1.54) is 0 Å². The van der Waals surface area contributed by atoms with Crippen LogP contribution in [0.4, 0.5) is 0 Å². The first kappa shape index (κ1) is 9.06. The molecule has 1 aliphatic rings. The Bertz CT molecular complexity index is 282. The van der Waals surface area contributed by atoms with Crippen LogP contribution >= 0.6 is 12.6 Å². The first-order chi connectivity index (χ1) is 6.38. The quantitative estimate of drug-likeness (QED) is 0.695. The van der Waals surface area contributed by atoms with Crippen LogP contribution in [0.2, 0.25) is 0 Å². The summed E-state index contributed by atoms with van der Waals surface area (Å²) in [5.41, 5.74) is 1.02. The predicted octanol–water partition coefficient (Wildman–Crippen LogP) is 2.41. The highest BCUT2D eigenvalue weighted by Crippen LogP contribution is 2.27. The molecule has 1 aromatic rings. The van der Waals surface area contributed by atoms with Crippen molar-refractivity contribution in [1.82, 2.24) is 0 Å². The van der Waals surface area contributed by atoms with E-state index < -0.39 is 0 Å². The van der Waals surface area contributed by atoms with E-state index in [0.29, 0.717) is 0 Å². The lowest BCUT2D eigenvalue weighted by Gasteiger charge is -2.24. The third-order valence-corrected chi connectivity index (χ3v) is 2.43. The second kappa shape index (κ2) is 4.13. The normalized spacial score (nSPS) is 18.8. The summed E-state index contributed by atoms with van der Waals surface area (Å²) in [4.78, 5) is 0.925. The van der Waals surface area contributed by atoms with Crippen molar-refractivity contribution in [3.63, 3.8) is 0 Å². The van der Waals surface area contributed by atoms with Gasteiger partial charge in [0.1, 0.15) is 0 Å². The molecule has 0 saturated carbocycles. The fourth-order valence-corrected chi connectivity index (χ4v) is 1.62. The summed E-state index contributed by atoms with van der Waals surface area (Å²) in [6.07, 6.45) is 0.757. The van der Waals surface area contributed by atoms with Gasteiger partial charge in [0.25, 0.3) is 0 Å². The van der Waals surface area contributed by atoms with Gasteiger partial charge >= 0.3 is 0 Å². The van der Waals surface area contributed by atoms with Crippen molar-refractivity contribution in [2.24, 2.45) is 0 Å². The maximum Gasteiger partial charge on any atom is 0.184 e. The minimum absolute atomic E-state index is 0.220. The van der Waals surface area contributed by atoms with Gasteiger partial charge in [-0.2, -0.15) is 0 Å². The SMILES string of the molecule is Sc1ccccc1C1OCCCO1. The van der Waals surface area contributed by atoms with Crippen LogP contribution in [-0.2, 0) is 9.47 Å². The number of ether oxygens (including phenoxy) is 2. The molecule has 0 spiro atoms. The lowest BCUT2D eigenvalue weighted by atomic mass is 10.2. The molecule has 0 amide bonds. The van der Waals surface area contributed by atoms with E-state index in [9.17, 15) is 0 Å². The highest BCUT2D eigenvalue weighted by molar-refractivity contribution is 7.80. The average molecular weight is 196 g/mol. The van der Waals surface area contributed by atoms with Crippen molar-refractivity contribution in [2.45, 2.75) is 17.6 Å². The largest absolute Gasteiger partial charge is 0.348 e. The highest BCUT2D eigenvalue weighted by Gasteiger charge is 2.17. The van der Waals surface area contributed by atoms with Crippen molar-refractivity contribution >= 4 is 12.6 Å². The second-order valence-electron chi connectivity index (χ2n) is 2.99. The Labute approximate surface area is 83.3 Å². The molecule has 2 nitrogen and oxygen atoms in total. The average Bonchev–Trinajstić information content (AvgIpc) is 2.20. The van der Waals surface area contributed by atoms with E-state index >= 15 is 0 Å². The van der Waals surface area contributed by atoms with Crippen LogP contribution in [0.3, 0.4) is 0 Å². The Balaban J connectivity index is 2.18. The monoisotopic (exact) mass is 196 g/mol. The molecule has 0 aliphatic carbocycles. The zero-order chi connectivity index (χ0) is 9.10. The lowest BCUT2D eigenvalue weighted by Crippen LogP contribution is -2.18. The molecule has 70 valence electrons. The number of hydrogen-bond donors (Lipinski definition) is 1. The van der Waals surface area contributed by atoms with E-state index in [0.717, 1.165) is 30.1 Å². The molecule has 1 aromatic carbocycles. The van der Waals surface area contributed by atoms with Crippen molar-refractivity contribution in [3.8, 4) is 0 Å². The fourth-order valence-electron chi connectivity index (χ4n) is 1.35. The van der Waals surface area contributed by atoms with Crippen molar-refractivity contribution in [3.05, 3.63) is 29.8 Å². The van der Waals surface area contributed by atoms with Crippen LogP contribution in [0, 0.1) is 0 Å². The second-order valence-corrected chi connectivity index (χ2v) is 3.47. The third kappa shape index (κ3) is 2.05. The predicted molar refractivity (Wildman–Crippen MR) is 53.0 cm³/mol. The molecule has 0 unspecified atom stereocenters. The van der Waals surface area contributed by atoms with E-state index in [2.05, 4.69) is 12.6 Å². The van der Waals surface area contributed by atoms with Gasteiger partial charge < -0.3 is 9.47 Å². The molecule has 1 fully saturated rings. The van der Waals surface area contributed by atoms with Crippen molar-refractivity contribution in [2.75, 3.05) is 13.2 Å². The van der Waals surface area contributed by atoms with E-state index in [1.807, 2.05) is 24.3 Å². The van der Waals surface area contributed by atoms with Gasteiger partial charge in [-0.25, -0.2) is 0 Å². The van der Waals surface area contributed by atoms with Gasteiger partial charge in [-0.1, -0.05) is 18.2 Å². The number of rotatable bonds is 1.